The average molecular weight is 234 g/mol. The molecule has 0 bridgehead atoms. The van der Waals surface area contributed by atoms with Crippen LogP contribution in [-0.2, 0) is 12.8 Å². The maximum Gasteiger partial charge on any atom is 0.229 e. The molecule has 1 heterocycles. The van der Waals surface area contributed by atoms with Crippen molar-refractivity contribution in [2.45, 2.75) is 26.2 Å². The second kappa shape index (κ2) is 3.59. The summed E-state index contributed by atoms with van der Waals surface area (Å²) in [6.45, 7) is 1.91. The van der Waals surface area contributed by atoms with E-state index in [0.717, 1.165) is 11.5 Å². The fraction of sp³-hybridized carbons (Fsp3) is 0.333. The predicted molar refractivity (Wildman–Crippen MR) is 63.1 cm³/mol. The third kappa shape index (κ3) is 1.43. The van der Waals surface area contributed by atoms with Gasteiger partial charge in [-0.3, -0.25) is 4.57 Å². The molecule has 0 radical (unpaired) electrons. The van der Waals surface area contributed by atoms with E-state index in [1.54, 1.807) is 0 Å². The van der Waals surface area contributed by atoms with Crippen LogP contribution in [0, 0.1) is 6.92 Å². The number of halogens is 1. The lowest BCUT2D eigenvalue weighted by molar-refractivity contribution is 0.911. The summed E-state index contributed by atoms with van der Waals surface area (Å²) in [5.74, 6) is 0.822. The van der Waals surface area contributed by atoms with Crippen LogP contribution in [0.1, 0.15) is 23.4 Å². The van der Waals surface area contributed by atoms with Gasteiger partial charge in [-0.25, -0.2) is 0 Å². The quantitative estimate of drug-likeness (QED) is 0.758. The van der Waals surface area contributed by atoms with Gasteiger partial charge in [-0.2, -0.15) is 0 Å². The summed E-state index contributed by atoms with van der Waals surface area (Å²) in [5.41, 5.74) is 3.96. The summed E-state index contributed by atoms with van der Waals surface area (Å²) in [6, 6.07) is 6.48. The van der Waals surface area contributed by atoms with Crippen LogP contribution < -0.4 is 0 Å². The number of hydrogen-bond donors (Lipinski definition) is 0. The Labute approximate surface area is 99.1 Å². The van der Waals surface area contributed by atoms with E-state index >= 15 is 0 Å². The molecule has 0 aliphatic heterocycles. The van der Waals surface area contributed by atoms with Gasteiger partial charge in [0, 0.05) is 0 Å². The second-order valence-corrected chi connectivity index (χ2v) is 4.50. The van der Waals surface area contributed by atoms with Crippen LogP contribution in [-0.4, -0.2) is 14.8 Å². The Kier molecular flexibility index (Phi) is 2.21. The fourth-order valence-electron chi connectivity index (χ4n) is 2.33. The zero-order valence-electron chi connectivity index (χ0n) is 9.07. The van der Waals surface area contributed by atoms with Crippen molar-refractivity contribution in [2.24, 2.45) is 0 Å². The smallest absolute Gasteiger partial charge is 0.229 e. The SMILES string of the molecule is Cc1nnc(Cl)n1-c1ccc2c(c1)CCC2. The van der Waals surface area contributed by atoms with E-state index in [2.05, 4.69) is 28.4 Å². The first-order valence-electron chi connectivity index (χ1n) is 5.45. The number of rotatable bonds is 1. The van der Waals surface area contributed by atoms with Gasteiger partial charge < -0.3 is 0 Å². The molecule has 0 unspecified atom stereocenters. The summed E-state index contributed by atoms with van der Waals surface area (Å²) < 4.78 is 1.88. The van der Waals surface area contributed by atoms with Gasteiger partial charge in [0.1, 0.15) is 5.82 Å². The number of fused-ring (bicyclic) bond motifs is 1. The van der Waals surface area contributed by atoms with E-state index < -0.39 is 0 Å². The maximum atomic E-state index is 6.02. The average Bonchev–Trinajstić information content (AvgIpc) is 2.85. The van der Waals surface area contributed by atoms with Crippen molar-refractivity contribution in [1.82, 2.24) is 14.8 Å². The topological polar surface area (TPSA) is 30.7 Å². The first-order valence-corrected chi connectivity index (χ1v) is 5.83. The molecule has 82 valence electrons. The lowest BCUT2D eigenvalue weighted by atomic mass is 10.1. The summed E-state index contributed by atoms with van der Waals surface area (Å²) in [7, 11) is 0. The minimum absolute atomic E-state index is 0.426. The minimum atomic E-state index is 0.426. The van der Waals surface area contributed by atoms with Gasteiger partial charge in [0.05, 0.1) is 5.69 Å². The Hall–Kier alpha value is -1.35. The van der Waals surface area contributed by atoms with Gasteiger partial charge in [-0.05, 0) is 61.0 Å². The maximum absolute atomic E-state index is 6.02. The van der Waals surface area contributed by atoms with E-state index in [1.807, 2.05) is 11.5 Å². The highest BCUT2D eigenvalue weighted by Gasteiger charge is 2.14. The molecule has 1 aliphatic rings. The molecule has 0 fully saturated rings. The molecular weight excluding hydrogens is 222 g/mol. The van der Waals surface area contributed by atoms with Crippen molar-refractivity contribution in [1.29, 1.82) is 0 Å². The lowest BCUT2D eigenvalue weighted by Gasteiger charge is -2.07. The van der Waals surface area contributed by atoms with Crippen molar-refractivity contribution in [3.63, 3.8) is 0 Å². The van der Waals surface area contributed by atoms with Crippen LogP contribution in [0.5, 0.6) is 0 Å². The number of hydrogen-bond acceptors (Lipinski definition) is 2. The van der Waals surface area contributed by atoms with Crippen LogP contribution >= 0.6 is 11.6 Å². The zero-order valence-corrected chi connectivity index (χ0v) is 9.83. The molecule has 1 aliphatic carbocycles. The minimum Gasteiger partial charge on any atom is -0.270 e. The third-order valence-corrected chi connectivity index (χ3v) is 3.37. The standard InChI is InChI=1S/C12H12ClN3/c1-8-14-15-12(13)16(8)11-6-5-9-3-2-4-10(9)7-11/h5-7H,2-4H2,1H3. The molecule has 0 N–H and O–H groups in total. The van der Waals surface area contributed by atoms with Crippen LogP contribution in [0.15, 0.2) is 18.2 Å². The number of benzene rings is 1. The van der Waals surface area contributed by atoms with E-state index in [9.17, 15) is 0 Å². The number of nitrogens with zero attached hydrogens (tertiary/aromatic N) is 3. The molecule has 1 aromatic carbocycles. The van der Waals surface area contributed by atoms with Crippen molar-refractivity contribution in [3.8, 4) is 5.69 Å². The van der Waals surface area contributed by atoms with Gasteiger partial charge in [0.25, 0.3) is 0 Å². The van der Waals surface area contributed by atoms with E-state index in [1.165, 1.54) is 30.4 Å². The van der Waals surface area contributed by atoms with E-state index in [-0.39, 0.29) is 0 Å². The molecule has 0 atom stereocenters. The Morgan fingerprint density at radius 1 is 1.19 bits per heavy atom. The van der Waals surface area contributed by atoms with E-state index in [4.69, 9.17) is 11.6 Å². The number of aryl methyl sites for hydroxylation is 3. The van der Waals surface area contributed by atoms with Crippen molar-refractivity contribution in [2.75, 3.05) is 0 Å². The molecule has 1 aromatic heterocycles. The fourth-order valence-corrected chi connectivity index (χ4v) is 2.58. The van der Waals surface area contributed by atoms with Crippen molar-refractivity contribution in [3.05, 3.63) is 40.4 Å². The third-order valence-electron chi connectivity index (χ3n) is 3.13. The molecule has 4 heteroatoms. The molecule has 2 aromatic rings. The Morgan fingerprint density at radius 2 is 2.00 bits per heavy atom. The van der Waals surface area contributed by atoms with Crippen LogP contribution in [0.4, 0.5) is 0 Å². The van der Waals surface area contributed by atoms with Crippen LogP contribution in [0.25, 0.3) is 5.69 Å². The van der Waals surface area contributed by atoms with Gasteiger partial charge in [0.2, 0.25) is 5.28 Å². The molecule has 0 saturated carbocycles. The summed E-state index contributed by atoms with van der Waals surface area (Å²) in [6.07, 6.45) is 3.63. The summed E-state index contributed by atoms with van der Waals surface area (Å²) >= 11 is 6.02. The normalized spacial score (nSPS) is 14.1. The van der Waals surface area contributed by atoms with Crippen LogP contribution in [0.3, 0.4) is 0 Å². The molecule has 0 saturated heterocycles. The monoisotopic (exact) mass is 233 g/mol. The van der Waals surface area contributed by atoms with Gasteiger partial charge >= 0.3 is 0 Å². The highest BCUT2D eigenvalue weighted by molar-refractivity contribution is 6.28. The Balaban J connectivity index is 2.14. The van der Waals surface area contributed by atoms with Crippen molar-refractivity contribution < 1.29 is 0 Å². The molecule has 0 spiro atoms. The van der Waals surface area contributed by atoms with E-state index in [0.29, 0.717) is 5.28 Å². The predicted octanol–water partition coefficient (Wildman–Crippen LogP) is 2.72. The second-order valence-electron chi connectivity index (χ2n) is 4.16. The van der Waals surface area contributed by atoms with Gasteiger partial charge in [-0.15, -0.1) is 10.2 Å². The first-order chi connectivity index (χ1) is 7.75. The highest BCUT2D eigenvalue weighted by atomic mass is 35.5. The van der Waals surface area contributed by atoms with Gasteiger partial charge in [0.15, 0.2) is 0 Å². The molecule has 16 heavy (non-hydrogen) atoms. The van der Waals surface area contributed by atoms with Crippen LogP contribution in [0.2, 0.25) is 5.28 Å². The molecular formula is C12H12ClN3. The highest BCUT2D eigenvalue weighted by Crippen LogP contribution is 2.26. The zero-order chi connectivity index (χ0) is 11.1. The summed E-state index contributed by atoms with van der Waals surface area (Å²) in [4.78, 5) is 0. The number of aromatic nitrogens is 3. The molecule has 3 nitrogen and oxygen atoms in total. The Morgan fingerprint density at radius 3 is 2.75 bits per heavy atom. The lowest BCUT2D eigenvalue weighted by Crippen LogP contribution is -1.98. The van der Waals surface area contributed by atoms with Gasteiger partial charge in [-0.1, -0.05) is 6.07 Å². The first kappa shape index (κ1) is 9.85. The molecule has 3 rings (SSSR count). The van der Waals surface area contributed by atoms with Crippen molar-refractivity contribution >= 4 is 11.6 Å². The largest absolute Gasteiger partial charge is 0.270 e. The molecule has 0 amide bonds. The summed E-state index contributed by atoms with van der Waals surface area (Å²) in [5, 5.41) is 8.26. The Bertz CT molecular complexity index is 526.